The quantitative estimate of drug-likeness (QED) is 0.624. The van der Waals surface area contributed by atoms with Crippen molar-refractivity contribution in [2.75, 3.05) is 11.1 Å². The molecule has 0 bridgehead atoms. The molecule has 8 heteroatoms. The van der Waals surface area contributed by atoms with Crippen molar-refractivity contribution < 1.29 is 13.6 Å². The lowest BCUT2D eigenvalue weighted by Crippen LogP contribution is -2.15. The van der Waals surface area contributed by atoms with Crippen molar-refractivity contribution in [1.29, 1.82) is 0 Å². The summed E-state index contributed by atoms with van der Waals surface area (Å²) in [5.74, 6) is -1.38. The number of rotatable bonds is 7. The summed E-state index contributed by atoms with van der Waals surface area (Å²) in [6.45, 7) is 2.67. The summed E-state index contributed by atoms with van der Waals surface area (Å²) in [6, 6.07) is 13.2. The van der Waals surface area contributed by atoms with Crippen LogP contribution in [-0.4, -0.2) is 26.4 Å². The molecule has 0 saturated heterocycles. The Bertz CT molecular complexity index is 931. The highest BCUT2D eigenvalue weighted by molar-refractivity contribution is 7.99. The zero-order valence-electron chi connectivity index (χ0n) is 14.7. The average Bonchev–Trinajstić information content (AvgIpc) is 3.05. The van der Waals surface area contributed by atoms with Crippen molar-refractivity contribution >= 4 is 23.4 Å². The number of carbonyl (C=O) groups excluding carboxylic acids is 1. The standard InChI is InChI=1S/C19H18F2N4OS/c1-2-25-17(10-13-6-4-3-5-7-13)23-24-19(25)27-12-18(26)22-14-8-9-15(20)16(21)11-14/h3-9,11H,2,10,12H2,1H3,(H,22,26). The summed E-state index contributed by atoms with van der Waals surface area (Å²) in [7, 11) is 0. The number of nitrogens with one attached hydrogen (secondary N) is 1. The Balaban J connectivity index is 1.62. The largest absolute Gasteiger partial charge is 0.325 e. The molecule has 0 aliphatic rings. The maximum absolute atomic E-state index is 13.2. The van der Waals surface area contributed by atoms with Crippen molar-refractivity contribution in [2.45, 2.75) is 25.0 Å². The molecule has 0 spiro atoms. The number of anilines is 1. The monoisotopic (exact) mass is 388 g/mol. The molecule has 3 aromatic rings. The van der Waals surface area contributed by atoms with Gasteiger partial charge in [-0.15, -0.1) is 10.2 Å². The molecular weight excluding hydrogens is 370 g/mol. The molecule has 1 N–H and O–H groups in total. The predicted octanol–water partition coefficient (Wildman–Crippen LogP) is 3.90. The second-order valence-electron chi connectivity index (χ2n) is 5.77. The van der Waals surface area contributed by atoms with Gasteiger partial charge in [-0.2, -0.15) is 0 Å². The summed E-state index contributed by atoms with van der Waals surface area (Å²) in [6.07, 6.45) is 0.656. The fraction of sp³-hybridized carbons (Fsp3) is 0.211. The van der Waals surface area contributed by atoms with Gasteiger partial charge in [-0.25, -0.2) is 8.78 Å². The smallest absolute Gasteiger partial charge is 0.234 e. The fourth-order valence-electron chi connectivity index (χ4n) is 2.55. The van der Waals surface area contributed by atoms with E-state index in [0.717, 1.165) is 23.5 Å². The Hall–Kier alpha value is -2.74. The molecule has 0 aliphatic heterocycles. The average molecular weight is 388 g/mol. The highest BCUT2D eigenvalue weighted by Gasteiger charge is 2.14. The second-order valence-corrected chi connectivity index (χ2v) is 6.71. The number of halogens is 2. The van der Waals surface area contributed by atoms with Crippen LogP contribution in [0.1, 0.15) is 18.3 Å². The van der Waals surface area contributed by atoms with Crippen LogP contribution < -0.4 is 5.32 Å². The maximum atomic E-state index is 13.2. The number of benzene rings is 2. The fourth-order valence-corrected chi connectivity index (χ4v) is 3.37. The van der Waals surface area contributed by atoms with E-state index in [1.165, 1.54) is 17.8 Å². The van der Waals surface area contributed by atoms with Gasteiger partial charge in [-0.05, 0) is 24.6 Å². The zero-order valence-corrected chi connectivity index (χ0v) is 15.5. The van der Waals surface area contributed by atoms with Crippen LogP contribution in [0.2, 0.25) is 0 Å². The normalized spacial score (nSPS) is 10.8. The molecular formula is C19H18F2N4OS. The van der Waals surface area contributed by atoms with E-state index in [1.807, 2.05) is 41.8 Å². The summed E-state index contributed by atoms with van der Waals surface area (Å²) < 4.78 is 28.1. The number of amides is 1. The topological polar surface area (TPSA) is 59.8 Å². The van der Waals surface area contributed by atoms with Crippen LogP contribution in [0.25, 0.3) is 0 Å². The van der Waals surface area contributed by atoms with Gasteiger partial charge in [0, 0.05) is 24.7 Å². The van der Waals surface area contributed by atoms with Gasteiger partial charge in [-0.3, -0.25) is 4.79 Å². The molecule has 1 amide bonds. The van der Waals surface area contributed by atoms with Crippen LogP contribution in [0, 0.1) is 11.6 Å². The van der Waals surface area contributed by atoms with Gasteiger partial charge in [0.2, 0.25) is 5.91 Å². The van der Waals surface area contributed by atoms with Gasteiger partial charge in [0.25, 0.3) is 0 Å². The summed E-state index contributed by atoms with van der Waals surface area (Å²) >= 11 is 1.25. The van der Waals surface area contributed by atoms with E-state index in [1.54, 1.807) is 0 Å². The van der Waals surface area contributed by atoms with Crippen LogP contribution in [0.3, 0.4) is 0 Å². The molecule has 1 aromatic heterocycles. The molecule has 0 radical (unpaired) electrons. The highest BCUT2D eigenvalue weighted by Crippen LogP contribution is 2.20. The SMILES string of the molecule is CCn1c(Cc2ccccc2)nnc1SCC(=O)Nc1ccc(F)c(F)c1. The number of aromatic nitrogens is 3. The maximum Gasteiger partial charge on any atom is 0.234 e. The molecule has 5 nitrogen and oxygen atoms in total. The summed E-state index contributed by atoms with van der Waals surface area (Å²) in [5, 5.41) is 11.6. The van der Waals surface area contributed by atoms with Crippen molar-refractivity contribution in [3.05, 3.63) is 71.6 Å². The lowest BCUT2D eigenvalue weighted by atomic mass is 10.1. The van der Waals surface area contributed by atoms with E-state index in [4.69, 9.17) is 0 Å². The summed E-state index contributed by atoms with van der Waals surface area (Å²) in [4.78, 5) is 12.1. The molecule has 1 heterocycles. The molecule has 3 rings (SSSR count). The van der Waals surface area contributed by atoms with E-state index >= 15 is 0 Å². The number of hydrogen-bond acceptors (Lipinski definition) is 4. The third-order valence-electron chi connectivity index (χ3n) is 3.85. The third kappa shape index (κ3) is 4.91. The Morgan fingerprint density at radius 1 is 1.11 bits per heavy atom. The molecule has 27 heavy (non-hydrogen) atoms. The first-order chi connectivity index (χ1) is 13.1. The van der Waals surface area contributed by atoms with Gasteiger partial charge >= 0.3 is 0 Å². The molecule has 0 atom stereocenters. The van der Waals surface area contributed by atoms with Gasteiger partial charge in [-0.1, -0.05) is 42.1 Å². The van der Waals surface area contributed by atoms with Crippen molar-refractivity contribution in [1.82, 2.24) is 14.8 Å². The van der Waals surface area contributed by atoms with E-state index in [0.29, 0.717) is 18.1 Å². The molecule has 140 valence electrons. The lowest BCUT2D eigenvalue weighted by Gasteiger charge is -2.08. The van der Waals surface area contributed by atoms with Gasteiger partial charge in [0.05, 0.1) is 5.75 Å². The van der Waals surface area contributed by atoms with Crippen LogP contribution >= 0.6 is 11.8 Å². The minimum atomic E-state index is -1.00. The van der Waals surface area contributed by atoms with Crippen LogP contribution in [0.15, 0.2) is 53.7 Å². The number of hydrogen-bond donors (Lipinski definition) is 1. The number of carbonyl (C=O) groups is 1. The van der Waals surface area contributed by atoms with Crippen LogP contribution in [-0.2, 0) is 17.8 Å². The molecule has 0 aliphatic carbocycles. The second kappa shape index (κ2) is 8.77. The Morgan fingerprint density at radius 3 is 2.59 bits per heavy atom. The Kier molecular flexibility index (Phi) is 6.18. The first-order valence-corrected chi connectivity index (χ1v) is 9.39. The minimum absolute atomic E-state index is 0.0858. The van der Waals surface area contributed by atoms with E-state index < -0.39 is 11.6 Å². The molecule has 0 unspecified atom stereocenters. The summed E-state index contributed by atoms with van der Waals surface area (Å²) in [5.41, 5.74) is 1.34. The minimum Gasteiger partial charge on any atom is -0.325 e. The van der Waals surface area contributed by atoms with Gasteiger partial charge in [0.15, 0.2) is 16.8 Å². The van der Waals surface area contributed by atoms with Gasteiger partial charge < -0.3 is 9.88 Å². The first-order valence-electron chi connectivity index (χ1n) is 8.40. The van der Waals surface area contributed by atoms with E-state index in [2.05, 4.69) is 15.5 Å². The highest BCUT2D eigenvalue weighted by atomic mass is 32.2. The van der Waals surface area contributed by atoms with Crippen molar-refractivity contribution in [3.63, 3.8) is 0 Å². The molecule has 0 fully saturated rings. The van der Waals surface area contributed by atoms with Crippen molar-refractivity contribution in [3.8, 4) is 0 Å². The third-order valence-corrected chi connectivity index (χ3v) is 4.82. The van der Waals surface area contributed by atoms with Crippen molar-refractivity contribution in [2.24, 2.45) is 0 Å². The molecule has 0 saturated carbocycles. The predicted molar refractivity (Wildman–Crippen MR) is 101 cm³/mol. The Morgan fingerprint density at radius 2 is 1.89 bits per heavy atom. The van der Waals surface area contributed by atoms with E-state index in [-0.39, 0.29) is 17.3 Å². The van der Waals surface area contributed by atoms with E-state index in [9.17, 15) is 13.6 Å². The number of thioether (sulfide) groups is 1. The zero-order chi connectivity index (χ0) is 19.2. The van der Waals surface area contributed by atoms with Crippen LogP contribution in [0.4, 0.5) is 14.5 Å². The Labute approximate surface area is 159 Å². The number of nitrogens with zero attached hydrogens (tertiary/aromatic N) is 3. The molecule has 2 aromatic carbocycles. The van der Waals surface area contributed by atoms with Gasteiger partial charge in [0.1, 0.15) is 5.82 Å². The first kappa shape index (κ1) is 19.0. The van der Waals surface area contributed by atoms with Crippen LogP contribution in [0.5, 0.6) is 0 Å². The lowest BCUT2D eigenvalue weighted by molar-refractivity contribution is -0.113.